The highest BCUT2D eigenvalue weighted by molar-refractivity contribution is 5.81. The number of hydrogen-bond acceptors (Lipinski definition) is 5. The lowest BCUT2D eigenvalue weighted by Crippen LogP contribution is -2.32. The van der Waals surface area contributed by atoms with Gasteiger partial charge in [-0.25, -0.2) is 9.97 Å². The fourth-order valence-corrected chi connectivity index (χ4v) is 3.58. The highest BCUT2D eigenvalue weighted by Crippen LogP contribution is 2.40. The Morgan fingerprint density at radius 1 is 1.03 bits per heavy atom. The van der Waals surface area contributed by atoms with Gasteiger partial charge in [0.1, 0.15) is 0 Å². The number of carbonyl (C=O) groups excluding carboxylic acids is 1. The lowest BCUT2D eigenvalue weighted by atomic mass is 10.1. The van der Waals surface area contributed by atoms with Gasteiger partial charge in [0.15, 0.2) is 0 Å². The molecule has 0 N–H and O–H groups in total. The first-order chi connectivity index (χ1) is 14.5. The average molecular weight is 402 g/mol. The van der Waals surface area contributed by atoms with Gasteiger partial charge in [-0.1, -0.05) is 43.3 Å². The van der Waals surface area contributed by atoms with Crippen molar-refractivity contribution < 1.29 is 4.79 Å². The van der Waals surface area contributed by atoms with Crippen molar-refractivity contribution in [3.63, 3.8) is 0 Å². The van der Waals surface area contributed by atoms with Crippen molar-refractivity contribution in [1.82, 2.24) is 19.9 Å². The number of rotatable bonds is 7. The Morgan fingerprint density at radius 2 is 1.77 bits per heavy atom. The van der Waals surface area contributed by atoms with Crippen LogP contribution in [0.15, 0.2) is 60.9 Å². The van der Waals surface area contributed by atoms with E-state index in [9.17, 15) is 4.79 Å². The molecule has 6 nitrogen and oxygen atoms in total. The summed E-state index contributed by atoms with van der Waals surface area (Å²) >= 11 is 0. The maximum atomic E-state index is 13.2. The van der Waals surface area contributed by atoms with Crippen molar-refractivity contribution in [1.29, 1.82) is 0 Å². The Balaban J connectivity index is 1.70. The molecule has 1 saturated carbocycles. The van der Waals surface area contributed by atoms with Crippen molar-refractivity contribution >= 4 is 11.9 Å². The normalized spacial score (nSPS) is 17.4. The molecule has 1 aliphatic carbocycles. The highest BCUT2D eigenvalue weighted by atomic mass is 16.2. The molecule has 4 rings (SSSR count). The second kappa shape index (κ2) is 8.61. The van der Waals surface area contributed by atoms with E-state index >= 15 is 0 Å². The molecular weight excluding hydrogens is 374 g/mol. The molecule has 6 heteroatoms. The summed E-state index contributed by atoms with van der Waals surface area (Å²) in [7, 11) is 3.83. The zero-order valence-electron chi connectivity index (χ0n) is 17.7. The number of anilines is 1. The maximum absolute atomic E-state index is 13.2. The van der Waals surface area contributed by atoms with Crippen LogP contribution in [0.25, 0.3) is 11.3 Å². The minimum Gasteiger partial charge on any atom is -0.347 e. The van der Waals surface area contributed by atoms with Gasteiger partial charge >= 0.3 is 0 Å². The van der Waals surface area contributed by atoms with Gasteiger partial charge in [-0.2, -0.15) is 0 Å². The number of pyridine rings is 1. The predicted molar refractivity (Wildman–Crippen MR) is 118 cm³/mol. The van der Waals surface area contributed by atoms with Crippen molar-refractivity contribution in [3.8, 4) is 11.3 Å². The molecule has 1 amide bonds. The van der Waals surface area contributed by atoms with Gasteiger partial charge in [0.2, 0.25) is 11.9 Å². The van der Waals surface area contributed by atoms with E-state index in [1.165, 1.54) is 0 Å². The quantitative estimate of drug-likeness (QED) is 0.603. The Kier molecular flexibility index (Phi) is 5.74. The predicted octanol–water partition coefficient (Wildman–Crippen LogP) is 3.79. The van der Waals surface area contributed by atoms with Gasteiger partial charge in [-0.05, 0) is 30.0 Å². The summed E-state index contributed by atoms with van der Waals surface area (Å²) in [5.41, 5.74) is 3.59. The molecule has 154 valence electrons. The maximum Gasteiger partial charge on any atom is 0.226 e. The van der Waals surface area contributed by atoms with Crippen LogP contribution in [0.2, 0.25) is 0 Å². The molecule has 30 heavy (non-hydrogen) atoms. The molecule has 0 aliphatic heterocycles. The number of amides is 1. The van der Waals surface area contributed by atoms with Crippen LogP contribution in [0.5, 0.6) is 0 Å². The Bertz CT molecular complexity index is 1010. The number of aromatic nitrogens is 3. The van der Waals surface area contributed by atoms with E-state index in [0.717, 1.165) is 28.9 Å². The molecule has 3 aromatic rings. The largest absolute Gasteiger partial charge is 0.347 e. The van der Waals surface area contributed by atoms with Gasteiger partial charge < -0.3 is 9.80 Å². The van der Waals surface area contributed by atoms with Crippen LogP contribution >= 0.6 is 0 Å². The number of nitrogens with zero attached hydrogens (tertiary/aromatic N) is 5. The van der Waals surface area contributed by atoms with Crippen LogP contribution in [0.1, 0.15) is 24.6 Å². The fourth-order valence-electron chi connectivity index (χ4n) is 3.58. The summed E-state index contributed by atoms with van der Waals surface area (Å²) in [5, 5.41) is 0. The molecule has 0 bridgehead atoms. The zero-order valence-corrected chi connectivity index (χ0v) is 17.7. The average Bonchev–Trinajstić information content (AvgIpc) is 3.50. The molecule has 2 heterocycles. The Hall–Kier alpha value is -3.28. The lowest BCUT2D eigenvalue weighted by Gasteiger charge is -2.24. The van der Waals surface area contributed by atoms with Gasteiger partial charge in [-0.15, -0.1) is 0 Å². The molecular formula is C24H27N5O. The molecule has 1 aromatic carbocycles. The van der Waals surface area contributed by atoms with Gasteiger partial charge in [0.25, 0.3) is 0 Å². The first-order valence-corrected chi connectivity index (χ1v) is 10.3. The number of benzene rings is 1. The third kappa shape index (κ3) is 4.48. The van der Waals surface area contributed by atoms with Gasteiger partial charge in [0, 0.05) is 44.5 Å². The van der Waals surface area contributed by atoms with E-state index in [-0.39, 0.29) is 11.8 Å². The summed E-state index contributed by atoms with van der Waals surface area (Å²) in [6, 6.07) is 15.9. The third-order valence-corrected chi connectivity index (χ3v) is 5.49. The van der Waals surface area contributed by atoms with Crippen LogP contribution in [0, 0.1) is 11.8 Å². The first-order valence-electron chi connectivity index (χ1n) is 10.3. The van der Waals surface area contributed by atoms with Crippen LogP contribution in [-0.2, 0) is 17.9 Å². The molecule has 2 atom stereocenters. The summed E-state index contributed by atoms with van der Waals surface area (Å²) in [6.07, 6.45) is 4.53. The molecule has 0 unspecified atom stereocenters. The van der Waals surface area contributed by atoms with E-state index in [1.54, 1.807) is 6.20 Å². The third-order valence-electron chi connectivity index (χ3n) is 5.49. The molecule has 2 aromatic heterocycles. The molecule has 0 radical (unpaired) electrons. The minimum absolute atomic E-state index is 0.113. The second-order valence-electron chi connectivity index (χ2n) is 8.14. The van der Waals surface area contributed by atoms with E-state index in [1.807, 2.05) is 66.5 Å². The molecule has 1 fully saturated rings. The van der Waals surface area contributed by atoms with Crippen molar-refractivity contribution in [2.45, 2.75) is 26.4 Å². The summed E-state index contributed by atoms with van der Waals surface area (Å²) in [5.74, 6) is 1.39. The second-order valence-corrected chi connectivity index (χ2v) is 8.14. The van der Waals surface area contributed by atoms with Crippen molar-refractivity contribution in [2.24, 2.45) is 11.8 Å². The Morgan fingerprint density at radius 3 is 2.40 bits per heavy atom. The van der Waals surface area contributed by atoms with E-state index in [0.29, 0.717) is 25.0 Å². The van der Waals surface area contributed by atoms with Crippen molar-refractivity contribution in [3.05, 3.63) is 72.2 Å². The highest BCUT2D eigenvalue weighted by Gasteiger charge is 2.41. The van der Waals surface area contributed by atoms with Crippen LogP contribution in [0.3, 0.4) is 0 Å². The van der Waals surface area contributed by atoms with Gasteiger partial charge in [-0.3, -0.25) is 9.78 Å². The monoisotopic (exact) mass is 401 g/mol. The Labute approximate surface area is 177 Å². The van der Waals surface area contributed by atoms with E-state index in [2.05, 4.69) is 29.0 Å². The lowest BCUT2D eigenvalue weighted by molar-refractivity contribution is -0.134. The fraction of sp³-hybridized carbons (Fsp3) is 0.333. The zero-order chi connectivity index (χ0) is 21.1. The summed E-state index contributed by atoms with van der Waals surface area (Å²) < 4.78 is 0. The first kappa shape index (κ1) is 20.0. The van der Waals surface area contributed by atoms with Crippen LogP contribution in [0.4, 0.5) is 5.95 Å². The number of carbonyl (C=O) groups is 1. The standard InChI is InChI=1S/C24H27N5O/c1-17-13-19(17)23(30)29(15-18-9-5-4-6-10-18)16-22-20(21-11-7-8-12-25-21)14-26-24(27-22)28(2)3/h4-12,14,17,19H,13,15-16H2,1-3H3/t17-,19+/m1/s1. The number of hydrogen-bond donors (Lipinski definition) is 0. The molecule has 0 spiro atoms. The van der Waals surface area contributed by atoms with E-state index < -0.39 is 0 Å². The molecule has 1 aliphatic rings. The molecule has 0 saturated heterocycles. The van der Waals surface area contributed by atoms with E-state index in [4.69, 9.17) is 4.98 Å². The smallest absolute Gasteiger partial charge is 0.226 e. The van der Waals surface area contributed by atoms with Gasteiger partial charge in [0.05, 0.1) is 17.9 Å². The summed E-state index contributed by atoms with van der Waals surface area (Å²) in [6.45, 7) is 3.12. The van der Waals surface area contributed by atoms with Crippen LogP contribution in [-0.4, -0.2) is 39.9 Å². The van der Waals surface area contributed by atoms with Crippen molar-refractivity contribution in [2.75, 3.05) is 19.0 Å². The minimum atomic E-state index is 0.113. The summed E-state index contributed by atoms with van der Waals surface area (Å²) in [4.78, 5) is 30.8. The SMILES string of the molecule is C[C@@H]1C[C@@H]1C(=O)N(Cc1ccccc1)Cc1nc(N(C)C)ncc1-c1ccccn1. The topological polar surface area (TPSA) is 62.2 Å². The van der Waals surface area contributed by atoms with Crippen LogP contribution < -0.4 is 4.90 Å².